The van der Waals surface area contributed by atoms with Crippen LogP contribution in [0.4, 0.5) is 5.69 Å². The Morgan fingerprint density at radius 3 is 2.53 bits per heavy atom. The van der Waals surface area contributed by atoms with Crippen LogP contribution in [0.15, 0.2) is 54.6 Å². The number of likely N-dealkylation sites (tertiary alicyclic amines) is 1. The lowest BCUT2D eigenvalue weighted by molar-refractivity contribution is -0.133. The molecule has 6 heteroatoms. The fourth-order valence-corrected chi connectivity index (χ4v) is 5.66. The highest BCUT2D eigenvalue weighted by molar-refractivity contribution is 7.18. The highest BCUT2D eigenvalue weighted by atomic mass is 32.1. The maximum Gasteiger partial charge on any atom is 0.236 e. The first-order valence-corrected chi connectivity index (χ1v) is 11.7. The molecule has 0 unspecified atom stereocenters. The Morgan fingerprint density at radius 1 is 0.967 bits per heavy atom. The van der Waals surface area contributed by atoms with E-state index in [1.54, 1.807) is 11.3 Å². The van der Waals surface area contributed by atoms with E-state index in [0.717, 1.165) is 57.6 Å². The Balaban J connectivity index is 1.16. The number of benzene rings is 2. The first kappa shape index (κ1) is 19.5. The lowest BCUT2D eigenvalue weighted by Crippen LogP contribution is -2.51. The van der Waals surface area contributed by atoms with Gasteiger partial charge in [-0.3, -0.25) is 9.69 Å². The van der Waals surface area contributed by atoms with Gasteiger partial charge in [0.1, 0.15) is 0 Å². The normalized spacial score (nSPS) is 20.6. The fraction of sp³-hybridized carbons (Fsp3) is 0.417. The third-order valence-corrected chi connectivity index (χ3v) is 7.49. The summed E-state index contributed by atoms with van der Waals surface area (Å²) in [6, 6.07) is 18.9. The Morgan fingerprint density at radius 2 is 1.73 bits per heavy atom. The zero-order valence-electron chi connectivity index (χ0n) is 17.2. The molecule has 5 rings (SSSR count). The summed E-state index contributed by atoms with van der Waals surface area (Å²) >= 11 is 1.79. The Bertz CT molecular complexity index is 964. The van der Waals surface area contributed by atoms with Gasteiger partial charge in [0.2, 0.25) is 5.91 Å². The molecule has 3 aromatic rings. The van der Waals surface area contributed by atoms with Gasteiger partial charge in [-0.25, -0.2) is 4.98 Å². The number of carbonyl (C=O) groups excluding carboxylic acids is 1. The van der Waals surface area contributed by atoms with Crippen LogP contribution in [0.25, 0.3) is 10.2 Å². The molecule has 156 valence electrons. The van der Waals surface area contributed by atoms with Gasteiger partial charge >= 0.3 is 0 Å². The van der Waals surface area contributed by atoms with Gasteiger partial charge < -0.3 is 9.80 Å². The second-order valence-corrected chi connectivity index (χ2v) is 9.36. The molecule has 2 aliphatic rings. The van der Waals surface area contributed by atoms with E-state index < -0.39 is 0 Å². The Hall–Kier alpha value is -2.44. The molecule has 0 aliphatic carbocycles. The molecule has 1 amide bonds. The molecule has 0 spiro atoms. The summed E-state index contributed by atoms with van der Waals surface area (Å²) in [5, 5.41) is 1.19. The molecule has 0 saturated carbocycles. The van der Waals surface area contributed by atoms with E-state index in [9.17, 15) is 4.79 Å². The Kier molecular flexibility index (Phi) is 5.69. The highest BCUT2D eigenvalue weighted by Gasteiger charge is 2.28. The minimum atomic E-state index is 0.272. The van der Waals surface area contributed by atoms with Crippen LogP contribution >= 0.6 is 11.3 Å². The van der Waals surface area contributed by atoms with Crippen molar-refractivity contribution < 1.29 is 4.79 Å². The molecule has 5 nitrogen and oxygen atoms in total. The predicted molar refractivity (Wildman–Crippen MR) is 123 cm³/mol. The maximum atomic E-state index is 13.0. The number of piperazine rings is 1. The summed E-state index contributed by atoms with van der Waals surface area (Å²) in [4.78, 5) is 24.7. The standard InChI is InChI=1S/C24H28N4OS/c29-23(18-26-13-15-27(16-14-26)20-8-2-1-3-9-20)28-12-6-7-19(17-28)24-25-21-10-4-5-11-22(21)30-24/h1-5,8-11,19H,6-7,12-18H2/t19-/m1/s1. The molecule has 2 fully saturated rings. The summed E-state index contributed by atoms with van der Waals surface area (Å²) in [7, 11) is 0. The van der Waals surface area contributed by atoms with E-state index in [2.05, 4.69) is 63.2 Å². The minimum absolute atomic E-state index is 0.272. The third-order valence-electron chi connectivity index (χ3n) is 6.29. The van der Waals surface area contributed by atoms with Crippen molar-refractivity contribution in [1.82, 2.24) is 14.8 Å². The van der Waals surface area contributed by atoms with Gasteiger partial charge in [0.15, 0.2) is 0 Å². The number of thiazole rings is 1. The molecule has 30 heavy (non-hydrogen) atoms. The van der Waals surface area contributed by atoms with Gasteiger partial charge in [0.25, 0.3) is 0 Å². The van der Waals surface area contributed by atoms with Crippen molar-refractivity contribution in [3.63, 3.8) is 0 Å². The number of rotatable bonds is 4. The van der Waals surface area contributed by atoms with Crippen LogP contribution < -0.4 is 4.90 Å². The molecule has 1 atom stereocenters. The fourth-order valence-electron chi connectivity index (χ4n) is 4.56. The molecule has 2 aromatic carbocycles. The number of hydrogen-bond acceptors (Lipinski definition) is 5. The van der Waals surface area contributed by atoms with Gasteiger partial charge in [-0.15, -0.1) is 11.3 Å². The SMILES string of the molecule is O=C(CN1CCN(c2ccccc2)CC1)N1CCC[C@@H](c2nc3ccccc3s2)C1. The summed E-state index contributed by atoms with van der Waals surface area (Å²) < 4.78 is 1.24. The second kappa shape index (κ2) is 8.74. The molecule has 2 saturated heterocycles. The highest BCUT2D eigenvalue weighted by Crippen LogP contribution is 2.33. The van der Waals surface area contributed by atoms with E-state index in [1.165, 1.54) is 15.4 Å². The molecule has 0 bridgehead atoms. The quantitative estimate of drug-likeness (QED) is 0.643. The number of anilines is 1. The average Bonchev–Trinajstić information content (AvgIpc) is 3.25. The molecule has 1 aromatic heterocycles. The number of piperidine rings is 1. The largest absolute Gasteiger partial charge is 0.369 e. The summed E-state index contributed by atoms with van der Waals surface area (Å²) in [6.07, 6.45) is 2.19. The van der Waals surface area contributed by atoms with E-state index in [4.69, 9.17) is 4.98 Å². The first-order valence-electron chi connectivity index (χ1n) is 10.9. The van der Waals surface area contributed by atoms with Gasteiger partial charge in [-0.2, -0.15) is 0 Å². The van der Waals surface area contributed by atoms with Crippen molar-refractivity contribution >= 4 is 33.1 Å². The van der Waals surface area contributed by atoms with Crippen LogP contribution in [0.2, 0.25) is 0 Å². The van der Waals surface area contributed by atoms with E-state index >= 15 is 0 Å². The molecule has 2 aliphatic heterocycles. The zero-order chi connectivity index (χ0) is 20.3. The monoisotopic (exact) mass is 420 g/mol. The lowest BCUT2D eigenvalue weighted by atomic mass is 9.98. The van der Waals surface area contributed by atoms with E-state index in [0.29, 0.717) is 12.5 Å². The van der Waals surface area contributed by atoms with Crippen LogP contribution in [-0.4, -0.2) is 66.5 Å². The molecule has 0 radical (unpaired) electrons. The van der Waals surface area contributed by atoms with Crippen molar-refractivity contribution in [1.29, 1.82) is 0 Å². The number of para-hydroxylation sites is 2. The third kappa shape index (κ3) is 4.20. The predicted octanol–water partition coefficient (Wildman–Crippen LogP) is 3.82. The molecule has 0 N–H and O–H groups in total. The number of hydrogen-bond donors (Lipinski definition) is 0. The van der Waals surface area contributed by atoms with Crippen LogP contribution in [0.5, 0.6) is 0 Å². The number of amides is 1. The topological polar surface area (TPSA) is 39.7 Å². The van der Waals surface area contributed by atoms with Gasteiger partial charge in [-0.05, 0) is 37.1 Å². The Labute approximate surface area is 181 Å². The van der Waals surface area contributed by atoms with Crippen LogP contribution in [0.1, 0.15) is 23.8 Å². The molecule has 3 heterocycles. The smallest absolute Gasteiger partial charge is 0.236 e. The van der Waals surface area contributed by atoms with Gasteiger partial charge in [-0.1, -0.05) is 30.3 Å². The van der Waals surface area contributed by atoms with E-state index in [1.807, 2.05) is 6.07 Å². The van der Waals surface area contributed by atoms with E-state index in [-0.39, 0.29) is 5.91 Å². The van der Waals surface area contributed by atoms with Crippen LogP contribution in [0.3, 0.4) is 0 Å². The average molecular weight is 421 g/mol. The lowest BCUT2D eigenvalue weighted by Gasteiger charge is -2.38. The molecular weight excluding hydrogens is 392 g/mol. The number of aromatic nitrogens is 1. The van der Waals surface area contributed by atoms with Crippen LogP contribution in [0, 0.1) is 0 Å². The summed E-state index contributed by atoms with van der Waals surface area (Å²) in [5.74, 6) is 0.643. The van der Waals surface area contributed by atoms with Crippen molar-refractivity contribution in [2.75, 3.05) is 50.7 Å². The number of fused-ring (bicyclic) bond motifs is 1. The second-order valence-electron chi connectivity index (χ2n) is 8.30. The number of carbonyl (C=O) groups is 1. The summed E-state index contributed by atoms with van der Waals surface area (Å²) in [6.45, 7) is 6.06. The van der Waals surface area contributed by atoms with Crippen LogP contribution in [-0.2, 0) is 4.79 Å². The van der Waals surface area contributed by atoms with Gasteiger partial charge in [0, 0.05) is 50.9 Å². The zero-order valence-corrected chi connectivity index (χ0v) is 18.1. The summed E-state index contributed by atoms with van der Waals surface area (Å²) in [5.41, 5.74) is 2.36. The van der Waals surface area contributed by atoms with Gasteiger partial charge in [0.05, 0.1) is 21.8 Å². The number of nitrogens with zero attached hydrogens (tertiary/aromatic N) is 4. The maximum absolute atomic E-state index is 13.0. The molecular formula is C24H28N4OS. The van der Waals surface area contributed by atoms with Crippen molar-refractivity contribution in [3.8, 4) is 0 Å². The first-order chi connectivity index (χ1) is 14.8. The minimum Gasteiger partial charge on any atom is -0.369 e. The van der Waals surface area contributed by atoms with Crippen molar-refractivity contribution in [2.24, 2.45) is 0 Å². The van der Waals surface area contributed by atoms with Crippen molar-refractivity contribution in [3.05, 3.63) is 59.6 Å². The van der Waals surface area contributed by atoms with Crippen molar-refractivity contribution in [2.45, 2.75) is 18.8 Å².